The molecule has 110 valence electrons. The summed E-state index contributed by atoms with van der Waals surface area (Å²) in [4.78, 5) is 22.4. The molecular formula is C15H22N2O3. The lowest BCUT2D eigenvalue weighted by Crippen LogP contribution is -2.30. The number of carbonyl (C=O) groups is 2. The zero-order valence-corrected chi connectivity index (χ0v) is 12.0. The maximum atomic E-state index is 11.8. The molecule has 0 heterocycles. The number of aryl methyl sites for hydroxylation is 1. The van der Waals surface area contributed by atoms with Crippen molar-refractivity contribution < 1.29 is 14.7 Å². The monoisotopic (exact) mass is 278 g/mol. The highest BCUT2D eigenvalue weighted by atomic mass is 16.4. The van der Waals surface area contributed by atoms with E-state index in [4.69, 9.17) is 5.11 Å². The van der Waals surface area contributed by atoms with Gasteiger partial charge in [0.1, 0.15) is 0 Å². The van der Waals surface area contributed by atoms with Crippen LogP contribution in [0.15, 0.2) is 24.3 Å². The topological polar surface area (TPSA) is 78.4 Å². The molecule has 3 N–H and O–H groups in total. The zero-order valence-electron chi connectivity index (χ0n) is 12.0. The van der Waals surface area contributed by atoms with Crippen LogP contribution in [0.1, 0.15) is 32.3 Å². The van der Waals surface area contributed by atoms with Crippen molar-refractivity contribution in [2.45, 2.75) is 39.2 Å². The normalized spacial score (nSPS) is 11.9. The standard InChI is InChI=1S/C15H22N2O3/c1-3-16-11(2)9-14(18)17-13-6-4-5-12(10-13)7-8-15(19)20/h4-6,10-11,16H,3,7-9H2,1-2H3,(H,17,18)(H,19,20). The molecule has 0 bridgehead atoms. The van der Waals surface area contributed by atoms with Crippen molar-refractivity contribution in [3.05, 3.63) is 29.8 Å². The molecule has 0 aliphatic heterocycles. The number of aliphatic carboxylic acids is 1. The molecule has 1 aromatic rings. The molecule has 0 aromatic heterocycles. The van der Waals surface area contributed by atoms with Crippen LogP contribution in [-0.4, -0.2) is 29.6 Å². The summed E-state index contributed by atoms with van der Waals surface area (Å²) in [6, 6.07) is 7.44. The molecule has 1 rings (SSSR count). The zero-order chi connectivity index (χ0) is 15.0. The van der Waals surface area contributed by atoms with Gasteiger partial charge >= 0.3 is 5.97 Å². The first-order valence-corrected chi connectivity index (χ1v) is 6.85. The Labute approximate surface area is 119 Å². The van der Waals surface area contributed by atoms with Gasteiger partial charge in [0.05, 0.1) is 0 Å². The Hall–Kier alpha value is -1.88. The van der Waals surface area contributed by atoms with Crippen LogP contribution in [0.4, 0.5) is 5.69 Å². The van der Waals surface area contributed by atoms with Gasteiger partial charge in [0, 0.05) is 24.6 Å². The average Bonchev–Trinajstić information content (AvgIpc) is 2.36. The largest absolute Gasteiger partial charge is 0.481 e. The minimum atomic E-state index is -0.820. The molecule has 0 fully saturated rings. The molecule has 5 heteroatoms. The lowest BCUT2D eigenvalue weighted by Gasteiger charge is -2.12. The summed E-state index contributed by atoms with van der Waals surface area (Å²) in [6.07, 6.45) is 0.967. The average molecular weight is 278 g/mol. The number of carboxylic acid groups (broad SMARTS) is 1. The number of amides is 1. The van der Waals surface area contributed by atoms with Gasteiger partial charge in [-0.3, -0.25) is 9.59 Å². The molecule has 5 nitrogen and oxygen atoms in total. The van der Waals surface area contributed by atoms with Gasteiger partial charge in [0.2, 0.25) is 5.91 Å². The van der Waals surface area contributed by atoms with Crippen LogP contribution in [0.3, 0.4) is 0 Å². The molecule has 1 aromatic carbocycles. The summed E-state index contributed by atoms with van der Waals surface area (Å²) in [5, 5.41) is 14.7. The van der Waals surface area contributed by atoms with E-state index in [-0.39, 0.29) is 18.4 Å². The van der Waals surface area contributed by atoms with Crippen molar-refractivity contribution in [1.29, 1.82) is 0 Å². The number of nitrogens with one attached hydrogen (secondary N) is 2. The Balaban J connectivity index is 2.52. The van der Waals surface area contributed by atoms with Gasteiger partial charge in [-0.2, -0.15) is 0 Å². The van der Waals surface area contributed by atoms with E-state index in [9.17, 15) is 9.59 Å². The number of benzene rings is 1. The summed E-state index contributed by atoms with van der Waals surface area (Å²) < 4.78 is 0. The summed E-state index contributed by atoms with van der Waals surface area (Å²) in [5.41, 5.74) is 1.62. The van der Waals surface area contributed by atoms with Crippen molar-refractivity contribution >= 4 is 17.6 Å². The molecule has 1 unspecified atom stereocenters. The van der Waals surface area contributed by atoms with E-state index in [1.807, 2.05) is 32.0 Å². The maximum Gasteiger partial charge on any atom is 0.303 e. The first-order chi connectivity index (χ1) is 9.51. The number of carbonyl (C=O) groups excluding carboxylic acids is 1. The highest BCUT2D eigenvalue weighted by Gasteiger charge is 2.08. The van der Waals surface area contributed by atoms with Crippen LogP contribution in [0.25, 0.3) is 0 Å². The quantitative estimate of drug-likeness (QED) is 0.680. The highest BCUT2D eigenvalue weighted by Crippen LogP contribution is 2.13. The van der Waals surface area contributed by atoms with E-state index in [0.29, 0.717) is 18.5 Å². The molecule has 0 saturated heterocycles. The predicted octanol–water partition coefficient (Wildman–Crippen LogP) is 2.03. The molecule has 0 aliphatic carbocycles. The van der Waals surface area contributed by atoms with Crippen LogP contribution in [-0.2, 0) is 16.0 Å². The van der Waals surface area contributed by atoms with E-state index in [1.165, 1.54) is 0 Å². The minimum absolute atomic E-state index is 0.0474. The second kappa shape index (κ2) is 8.32. The van der Waals surface area contributed by atoms with E-state index < -0.39 is 5.97 Å². The number of anilines is 1. The molecule has 1 amide bonds. The van der Waals surface area contributed by atoms with Crippen LogP contribution in [0, 0.1) is 0 Å². The Morgan fingerprint density at radius 3 is 2.75 bits per heavy atom. The van der Waals surface area contributed by atoms with Gasteiger partial charge in [-0.25, -0.2) is 0 Å². The second-order valence-electron chi connectivity index (χ2n) is 4.81. The predicted molar refractivity (Wildman–Crippen MR) is 78.8 cm³/mol. The fraction of sp³-hybridized carbons (Fsp3) is 0.467. The van der Waals surface area contributed by atoms with E-state index in [1.54, 1.807) is 6.07 Å². The van der Waals surface area contributed by atoms with Crippen LogP contribution >= 0.6 is 0 Å². The van der Waals surface area contributed by atoms with Gasteiger partial charge in [-0.05, 0) is 37.6 Å². The molecule has 0 radical (unpaired) electrons. The number of rotatable bonds is 8. The summed E-state index contributed by atoms with van der Waals surface area (Å²) in [6.45, 7) is 4.80. The van der Waals surface area contributed by atoms with E-state index in [2.05, 4.69) is 10.6 Å². The number of hydrogen-bond donors (Lipinski definition) is 3. The third-order valence-electron chi connectivity index (χ3n) is 2.88. The molecule has 0 spiro atoms. The lowest BCUT2D eigenvalue weighted by molar-refractivity contribution is -0.137. The lowest BCUT2D eigenvalue weighted by atomic mass is 10.1. The molecule has 0 aliphatic rings. The molecule has 0 saturated carbocycles. The summed E-state index contributed by atoms with van der Waals surface area (Å²) >= 11 is 0. The molecule has 1 atom stereocenters. The van der Waals surface area contributed by atoms with Crippen LogP contribution < -0.4 is 10.6 Å². The van der Waals surface area contributed by atoms with Gasteiger partial charge in [-0.15, -0.1) is 0 Å². The van der Waals surface area contributed by atoms with Gasteiger partial charge in [-0.1, -0.05) is 19.1 Å². The third-order valence-corrected chi connectivity index (χ3v) is 2.88. The van der Waals surface area contributed by atoms with Gasteiger partial charge in [0.15, 0.2) is 0 Å². The molecule has 20 heavy (non-hydrogen) atoms. The minimum Gasteiger partial charge on any atom is -0.481 e. The van der Waals surface area contributed by atoms with Gasteiger partial charge < -0.3 is 15.7 Å². The van der Waals surface area contributed by atoms with Crippen LogP contribution in [0.5, 0.6) is 0 Å². The Morgan fingerprint density at radius 2 is 2.10 bits per heavy atom. The SMILES string of the molecule is CCNC(C)CC(=O)Nc1cccc(CCC(=O)O)c1. The van der Waals surface area contributed by atoms with Crippen molar-refractivity contribution in [2.75, 3.05) is 11.9 Å². The van der Waals surface area contributed by atoms with Crippen LogP contribution in [0.2, 0.25) is 0 Å². The van der Waals surface area contributed by atoms with Crippen molar-refractivity contribution in [3.63, 3.8) is 0 Å². The van der Waals surface area contributed by atoms with Crippen molar-refractivity contribution in [1.82, 2.24) is 5.32 Å². The third kappa shape index (κ3) is 6.33. The summed E-state index contributed by atoms with van der Waals surface area (Å²) in [7, 11) is 0. The van der Waals surface area contributed by atoms with Crippen molar-refractivity contribution in [2.24, 2.45) is 0 Å². The van der Waals surface area contributed by atoms with Gasteiger partial charge in [0.25, 0.3) is 0 Å². The Kier molecular flexibility index (Phi) is 6.73. The second-order valence-corrected chi connectivity index (χ2v) is 4.81. The first-order valence-electron chi connectivity index (χ1n) is 6.85. The fourth-order valence-corrected chi connectivity index (χ4v) is 1.97. The highest BCUT2D eigenvalue weighted by molar-refractivity contribution is 5.91. The molecular weight excluding hydrogens is 256 g/mol. The van der Waals surface area contributed by atoms with E-state index >= 15 is 0 Å². The fourth-order valence-electron chi connectivity index (χ4n) is 1.97. The number of carboxylic acids is 1. The first kappa shape index (κ1) is 16.2. The smallest absolute Gasteiger partial charge is 0.303 e. The summed E-state index contributed by atoms with van der Waals surface area (Å²) in [5.74, 6) is -0.868. The maximum absolute atomic E-state index is 11.8. The Bertz CT molecular complexity index is 460. The number of hydrogen-bond acceptors (Lipinski definition) is 3. The Morgan fingerprint density at radius 1 is 1.35 bits per heavy atom. The van der Waals surface area contributed by atoms with Crippen molar-refractivity contribution in [3.8, 4) is 0 Å². The van der Waals surface area contributed by atoms with E-state index in [0.717, 1.165) is 12.1 Å².